The number of piperidine rings is 1. The first-order valence-electron chi connectivity index (χ1n) is 10.8. The van der Waals surface area contributed by atoms with Crippen molar-refractivity contribution in [2.45, 2.75) is 39.2 Å². The van der Waals surface area contributed by atoms with Crippen molar-refractivity contribution >= 4 is 11.4 Å². The predicted octanol–water partition coefficient (Wildman–Crippen LogP) is 5.12. The van der Waals surface area contributed by atoms with Crippen LogP contribution in [0.3, 0.4) is 0 Å². The van der Waals surface area contributed by atoms with Gasteiger partial charge in [-0.15, -0.1) is 0 Å². The van der Waals surface area contributed by atoms with Crippen LogP contribution in [0, 0.1) is 11.7 Å². The van der Waals surface area contributed by atoms with Gasteiger partial charge in [-0.1, -0.05) is 6.92 Å². The van der Waals surface area contributed by atoms with Gasteiger partial charge in [-0.25, -0.2) is 4.39 Å². The third-order valence-electron chi connectivity index (χ3n) is 5.99. The Hall–Kier alpha value is -2.43. The highest BCUT2D eigenvalue weighted by Gasteiger charge is 2.29. The van der Waals surface area contributed by atoms with E-state index in [9.17, 15) is 4.39 Å². The monoisotopic (exact) mass is 398 g/mol. The molecule has 2 heterocycles. The maximum Gasteiger partial charge on any atom is 0.146 e. The molecule has 2 aliphatic rings. The Balaban J connectivity index is 1.37. The highest BCUT2D eigenvalue weighted by Crippen LogP contribution is 2.31. The van der Waals surface area contributed by atoms with Crippen LogP contribution in [0.4, 0.5) is 15.8 Å². The van der Waals surface area contributed by atoms with Crippen molar-refractivity contribution in [3.05, 3.63) is 48.3 Å². The number of rotatable bonds is 6. The van der Waals surface area contributed by atoms with E-state index in [-0.39, 0.29) is 11.9 Å². The average molecular weight is 399 g/mol. The van der Waals surface area contributed by atoms with Gasteiger partial charge < -0.3 is 19.3 Å². The first-order chi connectivity index (χ1) is 14.1. The quantitative estimate of drug-likeness (QED) is 0.674. The highest BCUT2D eigenvalue weighted by molar-refractivity contribution is 5.53. The Bertz CT molecular complexity index is 805. The molecule has 4 rings (SSSR count). The second-order valence-corrected chi connectivity index (χ2v) is 8.10. The van der Waals surface area contributed by atoms with Gasteiger partial charge in [0, 0.05) is 50.3 Å². The van der Waals surface area contributed by atoms with Crippen LogP contribution in [0.25, 0.3) is 0 Å². The predicted molar refractivity (Wildman–Crippen MR) is 116 cm³/mol. The Kier molecular flexibility index (Phi) is 6.12. The molecule has 0 aromatic heterocycles. The Morgan fingerprint density at radius 2 is 1.69 bits per heavy atom. The van der Waals surface area contributed by atoms with E-state index in [1.165, 1.54) is 24.6 Å². The van der Waals surface area contributed by atoms with Crippen LogP contribution in [0.15, 0.2) is 42.5 Å². The number of benzene rings is 2. The average Bonchev–Trinajstić information content (AvgIpc) is 3.27. The molecule has 5 heteroatoms. The van der Waals surface area contributed by atoms with Crippen LogP contribution in [0.2, 0.25) is 0 Å². The molecule has 2 aliphatic heterocycles. The van der Waals surface area contributed by atoms with Crippen molar-refractivity contribution in [2.24, 2.45) is 5.92 Å². The first-order valence-corrected chi connectivity index (χ1v) is 10.8. The molecule has 0 spiro atoms. The summed E-state index contributed by atoms with van der Waals surface area (Å²) < 4.78 is 26.2. The molecule has 156 valence electrons. The van der Waals surface area contributed by atoms with Gasteiger partial charge in [0.05, 0.1) is 12.3 Å². The molecular weight excluding hydrogens is 367 g/mol. The Labute approximate surface area is 173 Å². The summed E-state index contributed by atoms with van der Waals surface area (Å²) in [4.78, 5) is 4.54. The third kappa shape index (κ3) is 4.60. The molecule has 2 aromatic rings. The molecule has 2 aromatic carbocycles. The van der Waals surface area contributed by atoms with E-state index >= 15 is 0 Å². The van der Waals surface area contributed by atoms with Gasteiger partial charge in [-0.2, -0.15) is 0 Å². The van der Waals surface area contributed by atoms with Gasteiger partial charge in [0.25, 0.3) is 0 Å². The zero-order chi connectivity index (χ0) is 20.2. The molecule has 0 bridgehead atoms. The summed E-state index contributed by atoms with van der Waals surface area (Å²) in [6.07, 6.45) is 3.57. The molecule has 29 heavy (non-hydrogen) atoms. The fraction of sp³-hybridized carbons (Fsp3) is 0.500. The van der Waals surface area contributed by atoms with Gasteiger partial charge in [-0.05, 0) is 56.2 Å². The highest BCUT2D eigenvalue weighted by atomic mass is 19.1. The van der Waals surface area contributed by atoms with Crippen LogP contribution in [-0.2, 0) is 0 Å². The van der Waals surface area contributed by atoms with E-state index in [4.69, 9.17) is 9.47 Å². The number of anilines is 2. The lowest BCUT2D eigenvalue weighted by atomic mass is 9.95. The Morgan fingerprint density at radius 3 is 2.38 bits per heavy atom. The lowest BCUT2D eigenvalue weighted by Crippen LogP contribution is -2.44. The molecule has 4 nitrogen and oxygen atoms in total. The van der Waals surface area contributed by atoms with Gasteiger partial charge >= 0.3 is 0 Å². The van der Waals surface area contributed by atoms with Crippen LogP contribution < -0.4 is 19.3 Å². The van der Waals surface area contributed by atoms with E-state index in [0.717, 1.165) is 38.3 Å². The zero-order valence-corrected chi connectivity index (χ0v) is 17.4. The van der Waals surface area contributed by atoms with Gasteiger partial charge in [0.1, 0.15) is 23.4 Å². The largest absolute Gasteiger partial charge is 0.494 e. The van der Waals surface area contributed by atoms with E-state index in [1.807, 2.05) is 13.0 Å². The smallest absolute Gasteiger partial charge is 0.146 e. The van der Waals surface area contributed by atoms with E-state index in [2.05, 4.69) is 41.0 Å². The molecule has 0 radical (unpaired) electrons. The summed E-state index contributed by atoms with van der Waals surface area (Å²) in [6, 6.07) is 13.5. The van der Waals surface area contributed by atoms with E-state index in [1.54, 1.807) is 6.07 Å². The normalized spacial score (nSPS) is 22.0. The van der Waals surface area contributed by atoms with Gasteiger partial charge in [0.15, 0.2) is 0 Å². The maximum atomic E-state index is 14.4. The fourth-order valence-corrected chi connectivity index (χ4v) is 4.39. The molecule has 0 N–H and O–H groups in total. The van der Waals surface area contributed by atoms with E-state index < -0.39 is 0 Å². The standard InChI is InChI=1S/C24H31FN2O2/c1-3-28-21-10-11-22(25)23(16-21)27-15-12-24(18(2)17-27)29-20-8-6-19(7-9-20)26-13-4-5-14-26/h6-11,16,18,24H,3-5,12-15,17H2,1-2H3/t18?,24-/m1/s1. The molecule has 1 unspecified atom stereocenters. The second kappa shape index (κ2) is 8.93. The van der Waals surface area contributed by atoms with Gasteiger partial charge in [0.2, 0.25) is 0 Å². The SMILES string of the molecule is CCOc1ccc(F)c(N2CC[C@@H](Oc3ccc(N4CCCC4)cc3)C(C)C2)c1. The number of ether oxygens (including phenoxy) is 2. The molecule has 2 saturated heterocycles. The molecule has 0 aliphatic carbocycles. The number of nitrogens with zero attached hydrogens (tertiary/aromatic N) is 2. The lowest BCUT2D eigenvalue weighted by molar-refractivity contribution is 0.121. The first kappa shape index (κ1) is 19.9. The van der Waals surface area contributed by atoms with E-state index in [0.29, 0.717) is 24.0 Å². The minimum absolute atomic E-state index is 0.141. The number of hydrogen-bond acceptors (Lipinski definition) is 4. The third-order valence-corrected chi connectivity index (χ3v) is 5.99. The summed E-state index contributed by atoms with van der Waals surface area (Å²) in [6.45, 7) is 8.53. The van der Waals surface area contributed by atoms with Crippen LogP contribution in [0.5, 0.6) is 11.5 Å². The van der Waals surface area contributed by atoms with Crippen LogP contribution in [-0.4, -0.2) is 38.9 Å². The van der Waals surface area contributed by atoms with Crippen LogP contribution in [0.1, 0.15) is 33.1 Å². The minimum Gasteiger partial charge on any atom is -0.494 e. The Morgan fingerprint density at radius 1 is 0.966 bits per heavy atom. The van der Waals surface area contributed by atoms with Crippen molar-refractivity contribution in [1.29, 1.82) is 0 Å². The minimum atomic E-state index is -0.197. The molecular formula is C24H31FN2O2. The van der Waals surface area contributed by atoms with Crippen LogP contribution >= 0.6 is 0 Å². The molecule has 0 amide bonds. The lowest BCUT2D eigenvalue weighted by Gasteiger charge is -2.38. The number of hydrogen-bond donors (Lipinski definition) is 0. The van der Waals surface area contributed by atoms with Crippen molar-refractivity contribution in [1.82, 2.24) is 0 Å². The summed E-state index contributed by atoms with van der Waals surface area (Å²) in [5, 5.41) is 0. The summed E-state index contributed by atoms with van der Waals surface area (Å²) in [7, 11) is 0. The zero-order valence-electron chi connectivity index (χ0n) is 17.4. The summed E-state index contributed by atoms with van der Waals surface area (Å²) in [5.74, 6) is 1.74. The van der Waals surface area contributed by atoms with Gasteiger partial charge in [-0.3, -0.25) is 0 Å². The molecule has 0 saturated carbocycles. The van der Waals surface area contributed by atoms with Crippen molar-refractivity contribution in [3.63, 3.8) is 0 Å². The van der Waals surface area contributed by atoms with Crippen molar-refractivity contribution in [3.8, 4) is 11.5 Å². The molecule has 2 fully saturated rings. The topological polar surface area (TPSA) is 24.9 Å². The van der Waals surface area contributed by atoms with Crippen molar-refractivity contribution < 1.29 is 13.9 Å². The summed E-state index contributed by atoms with van der Waals surface area (Å²) in [5.41, 5.74) is 1.90. The molecule has 2 atom stereocenters. The second-order valence-electron chi connectivity index (χ2n) is 8.10. The number of halogens is 1. The summed E-state index contributed by atoms with van der Waals surface area (Å²) >= 11 is 0. The fourth-order valence-electron chi connectivity index (χ4n) is 4.39. The van der Waals surface area contributed by atoms with Crippen molar-refractivity contribution in [2.75, 3.05) is 42.6 Å². The maximum absolute atomic E-state index is 14.4.